The second-order valence-electron chi connectivity index (χ2n) is 4.77. The van der Waals surface area contributed by atoms with Gasteiger partial charge in [-0.05, 0) is 24.1 Å². The van der Waals surface area contributed by atoms with E-state index in [-0.39, 0.29) is 24.5 Å². The fourth-order valence-corrected chi connectivity index (χ4v) is 1.88. The number of carboxylic acids is 1. The molecule has 1 amide bonds. The zero-order valence-corrected chi connectivity index (χ0v) is 11.7. The van der Waals surface area contributed by atoms with Crippen molar-refractivity contribution < 1.29 is 24.9 Å². The van der Waals surface area contributed by atoms with Crippen molar-refractivity contribution in [3.63, 3.8) is 0 Å². The van der Waals surface area contributed by atoms with Gasteiger partial charge in [0.15, 0.2) is 11.5 Å². The molecule has 6 N–H and O–H groups in total. The largest absolute Gasteiger partial charge is 0.504 e. The Balaban J connectivity index is 2.80. The van der Waals surface area contributed by atoms with Crippen LogP contribution in [-0.4, -0.2) is 39.8 Å². The summed E-state index contributed by atoms with van der Waals surface area (Å²) in [7, 11) is 0. The van der Waals surface area contributed by atoms with Crippen LogP contribution < -0.4 is 11.1 Å². The summed E-state index contributed by atoms with van der Waals surface area (Å²) in [6, 6.07) is 2.89. The summed E-state index contributed by atoms with van der Waals surface area (Å²) in [4.78, 5) is 23.1. The predicted molar refractivity (Wildman–Crippen MR) is 75.9 cm³/mol. The van der Waals surface area contributed by atoms with E-state index in [0.29, 0.717) is 12.0 Å². The number of phenols is 2. The molecule has 1 aromatic carbocycles. The van der Waals surface area contributed by atoms with Crippen molar-refractivity contribution >= 4 is 11.9 Å². The molecule has 2 unspecified atom stereocenters. The lowest BCUT2D eigenvalue weighted by Gasteiger charge is -2.18. The van der Waals surface area contributed by atoms with Crippen molar-refractivity contribution in [3.8, 4) is 11.5 Å². The van der Waals surface area contributed by atoms with E-state index in [1.807, 2.05) is 0 Å². The van der Waals surface area contributed by atoms with Gasteiger partial charge < -0.3 is 26.4 Å². The van der Waals surface area contributed by atoms with Crippen LogP contribution in [0.25, 0.3) is 0 Å². The van der Waals surface area contributed by atoms with Crippen LogP contribution in [0.15, 0.2) is 18.2 Å². The average Bonchev–Trinajstić information content (AvgIpc) is 2.43. The number of rotatable bonds is 7. The van der Waals surface area contributed by atoms with Gasteiger partial charge in [0.2, 0.25) is 5.91 Å². The van der Waals surface area contributed by atoms with Gasteiger partial charge in [0.1, 0.15) is 6.04 Å². The van der Waals surface area contributed by atoms with Crippen LogP contribution in [0.4, 0.5) is 0 Å². The average molecular weight is 296 g/mol. The maximum absolute atomic E-state index is 11.9. The van der Waals surface area contributed by atoms with Crippen molar-refractivity contribution in [1.82, 2.24) is 5.32 Å². The van der Waals surface area contributed by atoms with Crippen LogP contribution in [-0.2, 0) is 16.0 Å². The maximum atomic E-state index is 11.9. The summed E-state index contributed by atoms with van der Waals surface area (Å²) in [5, 5.41) is 30.2. The van der Waals surface area contributed by atoms with E-state index in [0.717, 1.165) is 0 Å². The minimum atomic E-state index is -1.18. The lowest BCUT2D eigenvalue weighted by atomic mass is 10.0. The first-order valence-electron chi connectivity index (χ1n) is 6.63. The zero-order valence-electron chi connectivity index (χ0n) is 11.7. The number of aliphatic carboxylic acids is 1. The van der Waals surface area contributed by atoms with Crippen LogP contribution in [0, 0.1) is 5.92 Å². The van der Waals surface area contributed by atoms with Gasteiger partial charge in [-0.15, -0.1) is 0 Å². The van der Waals surface area contributed by atoms with Gasteiger partial charge in [-0.25, -0.2) is 4.79 Å². The van der Waals surface area contributed by atoms with E-state index in [1.165, 1.54) is 18.2 Å². The number of benzene rings is 1. The molecular weight excluding hydrogens is 276 g/mol. The number of carboxylic acid groups (broad SMARTS) is 1. The van der Waals surface area contributed by atoms with E-state index in [2.05, 4.69) is 5.32 Å². The Morgan fingerprint density at radius 3 is 2.43 bits per heavy atom. The number of carbonyl (C=O) groups is 2. The van der Waals surface area contributed by atoms with Gasteiger partial charge in [0, 0.05) is 18.9 Å². The van der Waals surface area contributed by atoms with E-state index in [9.17, 15) is 24.9 Å². The number of amides is 1. The molecule has 1 rings (SSSR count). The third-order valence-electron chi connectivity index (χ3n) is 3.24. The highest BCUT2D eigenvalue weighted by Crippen LogP contribution is 2.25. The Labute approximate surface area is 122 Å². The summed E-state index contributed by atoms with van der Waals surface area (Å²) in [5.74, 6) is -2.64. The number of carbonyl (C=O) groups excluding carboxylic acids is 1. The first-order valence-corrected chi connectivity index (χ1v) is 6.63. The maximum Gasteiger partial charge on any atom is 0.326 e. The van der Waals surface area contributed by atoms with Crippen molar-refractivity contribution in [2.24, 2.45) is 11.7 Å². The standard InChI is InChI=1S/C14H20N2O5/c1-2-9(7-15)13(19)16-10(14(20)21)5-8-3-4-11(17)12(18)6-8/h3-4,6,9-10,17-18H,2,5,7,15H2,1H3,(H,16,19)(H,20,21). The predicted octanol–water partition coefficient (Wildman–Crippen LogP) is 0.195. The molecule has 0 saturated carbocycles. The van der Waals surface area contributed by atoms with Crippen LogP contribution in [0.3, 0.4) is 0 Å². The van der Waals surface area contributed by atoms with E-state index >= 15 is 0 Å². The fraction of sp³-hybridized carbons (Fsp3) is 0.429. The van der Waals surface area contributed by atoms with Gasteiger partial charge in [0.05, 0.1) is 0 Å². The van der Waals surface area contributed by atoms with Crippen LogP contribution >= 0.6 is 0 Å². The number of hydrogen-bond acceptors (Lipinski definition) is 5. The SMILES string of the molecule is CCC(CN)C(=O)NC(Cc1ccc(O)c(O)c1)C(=O)O. The van der Waals surface area contributed by atoms with Crippen molar-refractivity contribution in [2.75, 3.05) is 6.54 Å². The lowest BCUT2D eigenvalue weighted by molar-refractivity contribution is -0.142. The summed E-state index contributed by atoms with van der Waals surface area (Å²) in [5.41, 5.74) is 5.94. The number of aromatic hydroxyl groups is 2. The molecule has 0 aliphatic rings. The highest BCUT2D eigenvalue weighted by molar-refractivity contribution is 5.85. The molecule has 0 bridgehead atoms. The Morgan fingerprint density at radius 2 is 1.95 bits per heavy atom. The molecule has 116 valence electrons. The van der Waals surface area contributed by atoms with Gasteiger partial charge in [0.25, 0.3) is 0 Å². The third kappa shape index (κ3) is 4.64. The summed E-state index contributed by atoms with van der Waals surface area (Å²) in [6.45, 7) is 1.94. The second kappa shape index (κ2) is 7.49. The molecule has 21 heavy (non-hydrogen) atoms. The number of nitrogens with one attached hydrogen (secondary N) is 1. The molecule has 7 heteroatoms. The Bertz CT molecular complexity index is 514. The number of phenolic OH excluding ortho intramolecular Hbond substituents is 2. The van der Waals surface area contributed by atoms with Crippen LogP contribution in [0.5, 0.6) is 11.5 Å². The molecule has 0 spiro atoms. The zero-order chi connectivity index (χ0) is 16.0. The third-order valence-corrected chi connectivity index (χ3v) is 3.24. The highest BCUT2D eigenvalue weighted by Gasteiger charge is 2.24. The van der Waals surface area contributed by atoms with Crippen molar-refractivity contribution in [1.29, 1.82) is 0 Å². The molecule has 0 radical (unpaired) electrons. The number of hydrogen-bond donors (Lipinski definition) is 5. The van der Waals surface area contributed by atoms with Gasteiger partial charge >= 0.3 is 5.97 Å². The quantitative estimate of drug-likeness (QED) is 0.456. The first-order chi connectivity index (χ1) is 9.88. The molecule has 7 nitrogen and oxygen atoms in total. The normalized spacial score (nSPS) is 13.4. The molecule has 0 aliphatic carbocycles. The fourth-order valence-electron chi connectivity index (χ4n) is 1.88. The first kappa shape index (κ1) is 16.8. The molecule has 1 aromatic rings. The summed E-state index contributed by atoms with van der Waals surface area (Å²) in [6.07, 6.45) is 0.518. The summed E-state index contributed by atoms with van der Waals surface area (Å²) < 4.78 is 0. The van der Waals surface area contributed by atoms with Crippen molar-refractivity contribution in [3.05, 3.63) is 23.8 Å². The van der Waals surface area contributed by atoms with Crippen LogP contribution in [0.1, 0.15) is 18.9 Å². The van der Waals surface area contributed by atoms with Crippen LogP contribution in [0.2, 0.25) is 0 Å². The van der Waals surface area contributed by atoms with E-state index in [4.69, 9.17) is 5.73 Å². The van der Waals surface area contributed by atoms with Gasteiger partial charge in [-0.1, -0.05) is 13.0 Å². The molecule has 2 atom stereocenters. The van der Waals surface area contributed by atoms with Gasteiger partial charge in [-0.2, -0.15) is 0 Å². The smallest absolute Gasteiger partial charge is 0.326 e. The molecule has 0 fully saturated rings. The molecular formula is C14H20N2O5. The Hall–Kier alpha value is -2.28. The topological polar surface area (TPSA) is 133 Å². The minimum absolute atomic E-state index is 0.00405. The minimum Gasteiger partial charge on any atom is -0.504 e. The Morgan fingerprint density at radius 1 is 1.29 bits per heavy atom. The number of nitrogens with two attached hydrogens (primary N) is 1. The molecule has 0 aliphatic heterocycles. The lowest BCUT2D eigenvalue weighted by Crippen LogP contribution is -2.46. The second-order valence-corrected chi connectivity index (χ2v) is 4.77. The summed E-state index contributed by atoms with van der Waals surface area (Å²) >= 11 is 0. The van der Waals surface area contributed by atoms with E-state index in [1.54, 1.807) is 6.92 Å². The molecule has 0 saturated heterocycles. The van der Waals surface area contributed by atoms with Crippen molar-refractivity contribution in [2.45, 2.75) is 25.8 Å². The molecule has 0 heterocycles. The van der Waals surface area contributed by atoms with Gasteiger partial charge in [-0.3, -0.25) is 4.79 Å². The Kier molecular flexibility index (Phi) is 5.98. The highest BCUT2D eigenvalue weighted by atomic mass is 16.4. The monoisotopic (exact) mass is 296 g/mol. The molecule has 0 aromatic heterocycles. The van der Waals surface area contributed by atoms with E-state index < -0.39 is 23.8 Å².